The summed E-state index contributed by atoms with van der Waals surface area (Å²) in [5.74, 6) is 0.185. The van der Waals surface area contributed by atoms with Gasteiger partial charge in [0.2, 0.25) is 0 Å². The molecule has 4 rings (SSSR count). The Labute approximate surface area is 178 Å². The molecule has 0 radical (unpaired) electrons. The minimum absolute atomic E-state index is 0.0840. The van der Waals surface area contributed by atoms with Crippen LogP contribution in [-0.2, 0) is 6.54 Å². The van der Waals surface area contributed by atoms with E-state index in [1.165, 1.54) is 0 Å². The number of nitrogens with one attached hydrogen (secondary N) is 1. The summed E-state index contributed by atoms with van der Waals surface area (Å²) in [7, 11) is 2.06. The monoisotopic (exact) mass is 430 g/mol. The maximum absolute atomic E-state index is 11.9. The van der Waals surface area contributed by atoms with Gasteiger partial charge in [-0.15, -0.1) is 0 Å². The molecule has 29 heavy (non-hydrogen) atoms. The Balaban J connectivity index is 1.70. The third-order valence-electron chi connectivity index (χ3n) is 5.21. The molecule has 0 unspecified atom stereocenters. The van der Waals surface area contributed by atoms with Crippen molar-refractivity contribution < 1.29 is 4.74 Å². The summed E-state index contributed by atoms with van der Waals surface area (Å²) >= 11 is 12.7. The lowest BCUT2D eigenvalue weighted by molar-refractivity contribution is 0.295. The Kier molecular flexibility index (Phi) is 5.38. The number of hydrogen-bond donors (Lipinski definition) is 1. The topological polar surface area (TPSA) is 58.6 Å². The van der Waals surface area contributed by atoms with Gasteiger partial charge in [-0.2, -0.15) is 0 Å². The molecular weight excluding hydrogens is 411 g/mol. The van der Waals surface area contributed by atoms with Gasteiger partial charge >= 0.3 is 0 Å². The maximum Gasteiger partial charge on any atom is 0.272 e. The highest BCUT2D eigenvalue weighted by Crippen LogP contribution is 2.39. The number of hydrogen-bond acceptors (Lipinski definition) is 5. The van der Waals surface area contributed by atoms with E-state index in [2.05, 4.69) is 17.3 Å². The van der Waals surface area contributed by atoms with Crippen LogP contribution < -0.4 is 20.9 Å². The van der Waals surface area contributed by atoms with Crippen LogP contribution in [0.5, 0.6) is 5.75 Å². The second-order valence-corrected chi connectivity index (χ2v) is 8.09. The molecule has 1 N–H and O–H groups in total. The highest BCUT2D eigenvalue weighted by Gasteiger charge is 2.28. The molecule has 0 aliphatic carbocycles. The Morgan fingerprint density at radius 2 is 1.97 bits per heavy atom. The molecule has 0 aromatic heterocycles. The predicted octanol–water partition coefficient (Wildman–Crippen LogP) is 4.31. The van der Waals surface area contributed by atoms with Crippen molar-refractivity contribution in [1.29, 1.82) is 0 Å². The van der Waals surface area contributed by atoms with Gasteiger partial charge in [0.25, 0.3) is 10.9 Å². The molecule has 3 aromatic carbocycles. The quantitative estimate of drug-likeness (QED) is 0.611. The minimum Gasteiger partial charge on any atom is -0.488 e. The highest BCUT2D eigenvalue weighted by atomic mass is 35.5. The van der Waals surface area contributed by atoms with Crippen LogP contribution in [0.25, 0.3) is 0 Å². The van der Waals surface area contributed by atoms with Crippen molar-refractivity contribution in [3.63, 3.8) is 0 Å². The van der Waals surface area contributed by atoms with E-state index < -0.39 is 10.9 Å². The van der Waals surface area contributed by atoms with Crippen LogP contribution in [0.1, 0.15) is 29.5 Å². The van der Waals surface area contributed by atoms with Crippen LogP contribution in [0, 0.1) is 0 Å². The van der Waals surface area contributed by atoms with Crippen LogP contribution in [0.2, 0.25) is 10.0 Å². The van der Waals surface area contributed by atoms with E-state index in [9.17, 15) is 9.59 Å². The Hall–Kier alpha value is -2.34. The van der Waals surface area contributed by atoms with Crippen LogP contribution in [0.3, 0.4) is 0 Å². The van der Waals surface area contributed by atoms with Gasteiger partial charge in [-0.25, -0.2) is 0 Å². The highest BCUT2D eigenvalue weighted by molar-refractivity contribution is 6.35. The molecule has 1 heterocycles. The zero-order chi connectivity index (χ0) is 20.7. The first-order valence-corrected chi connectivity index (χ1v) is 10.1. The van der Waals surface area contributed by atoms with Gasteiger partial charge in [0.1, 0.15) is 5.69 Å². The largest absolute Gasteiger partial charge is 0.488 e. The fraction of sp³-hybridized carbons (Fsp3) is 0.273. The van der Waals surface area contributed by atoms with E-state index >= 15 is 0 Å². The Morgan fingerprint density at radius 3 is 2.72 bits per heavy atom. The zero-order valence-electron chi connectivity index (χ0n) is 16.1. The fourth-order valence-electron chi connectivity index (χ4n) is 3.87. The van der Waals surface area contributed by atoms with Gasteiger partial charge in [-0.3, -0.25) is 9.59 Å². The SMILES string of the molecule is CCOc1c(Nc2cccc([C@@H]3CN(C)Cc4c(Cl)cc(Cl)cc43)c2)c(=O)c1=O. The first-order valence-electron chi connectivity index (χ1n) is 9.38. The summed E-state index contributed by atoms with van der Waals surface area (Å²) in [6, 6.07) is 11.5. The molecule has 0 spiro atoms. The first kappa shape index (κ1) is 20.0. The normalized spacial score (nSPS) is 16.6. The molecule has 0 bridgehead atoms. The molecule has 0 amide bonds. The predicted molar refractivity (Wildman–Crippen MR) is 117 cm³/mol. The lowest BCUT2D eigenvalue weighted by atomic mass is 9.84. The number of nitrogens with zero attached hydrogens (tertiary/aromatic N) is 1. The summed E-state index contributed by atoms with van der Waals surface area (Å²) in [6.07, 6.45) is 0. The summed E-state index contributed by atoms with van der Waals surface area (Å²) in [6.45, 7) is 3.68. The van der Waals surface area contributed by atoms with Gasteiger partial charge in [-0.1, -0.05) is 35.3 Å². The molecule has 1 atom stereocenters. The van der Waals surface area contributed by atoms with Crippen LogP contribution >= 0.6 is 23.2 Å². The molecular formula is C22H20Cl2N2O3. The van der Waals surface area contributed by atoms with Crippen molar-refractivity contribution in [3.8, 4) is 5.75 Å². The van der Waals surface area contributed by atoms with Crippen molar-refractivity contribution in [1.82, 2.24) is 4.90 Å². The maximum atomic E-state index is 11.9. The minimum atomic E-state index is -0.586. The van der Waals surface area contributed by atoms with Gasteiger partial charge in [-0.05, 0) is 54.9 Å². The number of halogens is 2. The van der Waals surface area contributed by atoms with Gasteiger partial charge in [0.05, 0.1) is 6.61 Å². The van der Waals surface area contributed by atoms with E-state index in [0.29, 0.717) is 16.7 Å². The van der Waals surface area contributed by atoms with E-state index in [1.807, 2.05) is 30.3 Å². The smallest absolute Gasteiger partial charge is 0.272 e. The second-order valence-electron chi connectivity index (χ2n) is 7.25. The van der Waals surface area contributed by atoms with Crippen molar-refractivity contribution in [2.24, 2.45) is 0 Å². The van der Waals surface area contributed by atoms with E-state index in [-0.39, 0.29) is 17.4 Å². The first-order chi connectivity index (χ1) is 13.9. The zero-order valence-corrected chi connectivity index (χ0v) is 17.6. The van der Waals surface area contributed by atoms with Gasteiger partial charge < -0.3 is 15.0 Å². The average molecular weight is 431 g/mol. The third kappa shape index (κ3) is 3.66. The average Bonchev–Trinajstić information content (AvgIpc) is 2.70. The number of ether oxygens (including phenoxy) is 1. The molecule has 150 valence electrons. The lowest BCUT2D eigenvalue weighted by Gasteiger charge is -2.33. The molecule has 1 aliphatic heterocycles. The molecule has 1 aliphatic rings. The molecule has 0 fully saturated rings. The second kappa shape index (κ2) is 7.82. The van der Waals surface area contributed by atoms with Crippen molar-refractivity contribution in [2.75, 3.05) is 25.5 Å². The van der Waals surface area contributed by atoms with Gasteiger partial charge in [0, 0.05) is 34.7 Å². The number of likely N-dealkylation sites (N-methyl/N-ethyl adjacent to an activating group) is 1. The summed E-state index contributed by atoms with van der Waals surface area (Å²) < 4.78 is 5.29. The Bertz CT molecular complexity index is 1150. The van der Waals surface area contributed by atoms with Crippen LogP contribution in [-0.4, -0.2) is 25.1 Å². The molecule has 0 saturated carbocycles. The molecule has 7 heteroatoms. The molecule has 5 nitrogen and oxygen atoms in total. The van der Waals surface area contributed by atoms with E-state index in [1.54, 1.807) is 13.0 Å². The van der Waals surface area contributed by atoms with Crippen molar-refractivity contribution >= 4 is 34.6 Å². The van der Waals surface area contributed by atoms with E-state index in [0.717, 1.165) is 35.5 Å². The lowest BCUT2D eigenvalue weighted by Crippen LogP contribution is -2.35. The molecule has 0 saturated heterocycles. The summed E-state index contributed by atoms with van der Waals surface area (Å²) in [4.78, 5) is 25.9. The number of rotatable bonds is 5. The standard InChI is InChI=1S/C22H20Cl2N2O3/c1-3-29-22-19(20(27)21(22)28)25-14-6-4-5-12(7-14)16-10-26(2)11-17-15(16)8-13(23)9-18(17)24/h4-9,16,25H,3,10-11H2,1-2H3/t16-/m0/s1. The Morgan fingerprint density at radius 1 is 1.17 bits per heavy atom. The van der Waals surface area contributed by atoms with Gasteiger partial charge in [0.15, 0.2) is 5.75 Å². The number of benzene rings is 2. The van der Waals surface area contributed by atoms with E-state index in [4.69, 9.17) is 27.9 Å². The van der Waals surface area contributed by atoms with Crippen molar-refractivity contribution in [2.45, 2.75) is 19.4 Å². The third-order valence-corrected chi connectivity index (χ3v) is 5.76. The van der Waals surface area contributed by atoms with Crippen molar-refractivity contribution in [3.05, 3.63) is 83.6 Å². The summed E-state index contributed by atoms with van der Waals surface area (Å²) in [5, 5.41) is 4.33. The fourth-order valence-corrected chi connectivity index (χ4v) is 4.44. The van der Waals surface area contributed by atoms with Crippen LogP contribution in [0.15, 0.2) is 46.0 Å². The summed E-state index contributed by atoms with van der Waals surface area (Å²) in [5.41, 5.74) is 3.05. The van der Waals surface area contributed by atoms with Crippen LogP contribution in [0.4, 0.5) is 11.4 Å². The molecule has 3 aromatic rings. The number of fused-ring (bicyclic) bond motifs is 1. The number of anilines is 2.